The van der Waals surface area contributed by atoms with Crippen LogP contribution < -0.4 is 10.5 Å². The van der Waals surface area contributed by atoms with Crippen LogP contribution >= 0.6 is 24.8 Å². The number of anilines is 1. The van der Waals surface area contributed by atoms with E-state index in [2.05, 4.69) is 32.6 Å². The highest BCUT2D eigenvalue weighted by Crippen LogP contribution is 2.22. The van der Waals surface area contributed by atoms with Crippen LogP contribution in [0.4, 0.5) is 5.95 Å². The van der Waals surface area contributed by atoms with Gasteiger partial charge in [-0.2, -0.15) is 17.6 Å². The molecule has 0 bridgehead atoms. The van der Waals surface area contributed by atoms with E-state index in [-0.39, 0.29) is 28.8 Å². The average molecular weight is 297 g/mol. The van der Waals surface area contributed by atoms with Crippen LogP contribution in [0.5, 0.6) is 0 Å². The summed E-state index contributed by atoms with van der Waals surface area (Å²) in [6.07, 6.45) is 0.425. The molecule has 2 aromatic heterocycles. The van der Waals surface area contributed by atoms with Crippen molar-refractivity contribution in [3.63, 3.8) is 0 Å². The van der Waals surface area contributed by atoms with Gasteiger partial charge in [-0.3, -0.25) is 19.5 Å². The molecule has 3 N–H and O–H groups in total. The molecule has 2 aromatic rings. The minimum absolute atomic E-state index is 0.0596. The zero-order valence-electron chi connectivity index (χ0n) is 9.77. The summed E-state index contributed by atoms with van der Waals surface area (Å²) in [5.41, 5.74) is 0.284. The number of carbonyl (C=O) groups excluding carboxylic acids is 1. The van der Waals surface area contributed by atoms with E-state index in [0.717, 1.165) is 0 Å². The van der Waals surface area contributed by atoms with Crippen molar-refractivity contribution in [1.82, 2.24) is 19.9 Å². The monoisotopic (exact) mass is 297 g/mol. The van der Waals surface area contributed by atoms with E-state index in [0.29, 0.717) is 29.1 Å². The van der Waals surface area contributed by atoms with Crippen LogP contribution in [0.1, 0.15) is 6.42 Å². The fourth-order valence-corrected chi connectivity index (χ4v) is 2.60. The molecule has 1 aliphatic rings. The standard InChI is InChI=1S/C10H11N5O2S2/c16-5-1-4(3-18)2-15(5)9-12-7-6(8(17)14-9)11-10(19)13-7/h4,18H,1-3H2,(H3,11,12,13,14,17,19). The number of hydrogen-bond acceptors (Lipinski definition) is 5. The van der Waals surface area contributed by atoms with Crippen LogP contribution in [-0.2, 0) is 4.79 Å². The van der Waals surface area contributed by atoms with Gasteiger partial charge in [-0.05, 0) is 23.9 Å². The van der Waals surface area contributed by atoms with Crippen molar-refractivity contribution in [2.24, 2.45) is 5.92 Å². The van der Waals surface area contributed by atoms with E-state index in [1.54, 1.807) is 0 Å². The molecule has 100 valence electrons. The summed E-state index contributed by atoms with van der Waals surface area (Å²) in [6.45, 7) is 0.516. The summed E-state index contributed by atoms with van der Waals surface area (Å²) in [5.74, 6) is 0.996. The lowest BCUT2D eigenvalue weighted by Crippen LogP contribution is -2.29. The summed E-state index contributed by atoms with van der Waals surface area (Å²) in [6, 6.07) is 0. The van der Waals surface area contributed by atoms with Gasteiger partial charge in [0.1, 0.15) is 5.52 Å². The van der Waals surface area contributed by atoms with Crippen molar-refractivity contribution >= 4 is 47.9 Å². The van der Waals surface area contributed by atoms with E-state index >= 15 is 0 Å². The normalized spacial score (nSPS) is 19.5. The summed E-state index contributed by atoms with van der Waals surface area (Å²) < 4.78 is 0.325. The number of nitrogens with zero attached hydrogens (tertiary/aromatic N) is 2. The quantitative estimate of drug-likeness (QED) is 0.482. The Morgan fingerprint density at radius 1 is 1.37 bits per heavy atom. The topological polar surface area (TPSA) is 97.6 Å². The second-order valence-electron chi connectivity index (χ2n) is 4.45. The predicted octanol–water partition coefficient (Wildman–Crippen LogP) is 0.591. The largest absolute Gasteiger partial charge is 0.325 e. The number of carbonyl (C=O) groups is 1. The van der Waals surface area contributed by atoms with Crippen molar-refractivity contribution in [2.75, 3.05) is 17.2 Å². The molecule has 1 unspecified atom stereocenters. The molecule has 0 saturated carbocycles. The summed E-state index contributed by atoms with van der Waals surface area (Å²) >= 11 is 9.11. The smallest absolute Gasteiger partial charge is 0.278 e. The molecule has 3 rings (SSSR count). The zero-order valence-corrected chi connectivity index (χ0v) is 11.5. The minimum Gasteiger partial charge on any atom is -0.325 e. The first-order valence-electron chi connectivity index (χ1n) is 5.72. The molecular weight excluding hydrogens is 286 g/mol. The lowest BCUT2D eigenvalue weighted by atomic mass is 10.1. The molecule has 0 spiro atoms. The Kier molecular flexibility index (Phi) is 2.94. The second kappa shape index (κ2) is 4.49. The molecule has 7 nitrogen and oxygen atoms in total. The highest BCUT2D eigenvalue weighted by atomic mass is 32.1. The van der Waals surface area contributed by atoms with E-state index in [4.69, 9.17) is 12.2 Å². The Labute approximate surface area is 117 Å². The summed E-state index contributed by atoms with van der Waals surface area (Å²) in [4.78, 5) is 37.6. The number of nitrogens with one attached hydrogen (secondary N) is 3. The number of aromatic amines is 3. The predicted molar refractivity (Wildman–Crippen MR) is 76.2 cm³/mol. The highest BCUT2D eigenvalue weighted by molar-refractivity contribution is 7.80. The van der Waals surface area contributed by atoms with Gasteiger partial charge in [-0.15, -0.1) is 0 Å². The Hall–Kier alpha value is -1.61. The van der Waals surface area contributed by atoms with Crippen LogP contribution in [0.25, 0.3) is 11.2 Å². The third-order valence-corrected chi connectivity index (χ3v) is 3.82. The lowest BCUT2D eigenvalue weighted by molar-refractivity contribution is -0.117. The maximum absolute atomic E-state index is 11.9. The van der Waals surface area contributed by atoms with Crippen molar-refractivity contribution in [3.05, 3.63) is 15.1 Å². The van der Waals surface area contributed by atoms with Gasteiger partial charge in [0.2, 0.25) is 11.9 Å². The molecule has 1 saturated heterocycles. The number of H-pyrrole nitrogens is 3. The first-order chi connectivity index (χ1) is 9.08. The van der Waals surface area contributed by atoms with Crippen molar-refractivity contribution in [3.8, 4) is 0 Å². The fourth-order valence-electron chi connectivity index (χ4n) is 2.16. The van der Waals surface area contributed by atoms with Gasteiger partial charge in [0.25, 0.3) is 5.56 Å². The third kappa shape index (κ3) is 2.08. The van der Waals surface area contributed by atoms with Gasteiger partial charge in [0.15, 0.2) is 10.4 Å². The highest BCUT2D eigenvalue weighted by Gasteiger charge is 2.31. The molecular formula is C10H11N5O2S2. The Balaban J connectivity index is 2.08. The molecule has 1 atom stereocenters. The maximum atomic E-state index is 11.9. The molecule has 1 fully saturated rings. The summed E-state index contributed by atoms with van der Waals surface area (Å²) in [7, 11) is 0. The number of rotatable bonds is 2. The van der Waals surface area contributed by atoms with Crippen molar-refractivity contribution in [1.29, 1.82) is 0 Å². The van der Waals surface area contributed by atoms with Crippen molar-refractivity contribution in [2.45, 2.75) is 6.42 Å². The number of imidazole rings is 1. The first-order valence-corrected chi connectivity index (χ1v) is 6.76. The molecule has 9 heteroatoms. The van der Waals surface area contributed by atoms with E-state index in [9.17, 15) is 9.59 Å². The fraction of sp³-hybridized carbons (Fsp3) is 0.400. The van der Waals surface area contributed by atoms with Gasteiger partial charge in [-0.25, -0.2) is 0 Å². The third-order valence-electron chi connectivity index (χ3n) is 3.10. The molecule has 3 heterocycles. The Bertz CT molecular complexity index is 761. The Morgan fingerprint density at radius 2 is 2.16 bits per heavy atom. The number of hydrogen-bond donors (Lipinski definition) is 4. The minimum atomic E-state index is -0.352. The zero-order chi connectivity index (χ0) is 13.6. The average Bonchev–Trinajstić information content (AvgIpc) is 2.91. The molecule has 1 aliphatic heterocycles. The summed E-state index contributed by atoms with van der Waals surface area (Å²) in [5, 5.41) is 0. The number of amides is 1. The first kappa shape index (κ1) is 12.4. The van der Waals surface area contributed by atoms with Gasteiger partial charge in [0.05, 0.1) is 0 Å². The van der Waals surface area contributed by atoms with Crippen LogP contribution in [0.3, 0.4) is 0 Å². The number of thiol groups is 1. The van der Waals surface area contributed by atoms with Crippen molar-refractivity contribution < 1.29 is 4.79 Å². The molecule has 0 radical (unpaired) electrons. The Morgan fingerprint density at radius 3 is 2.84 bits per heavy atom. The van der Waals surface area contributed by atoms with Crippen LogP contribution in [0.15, 0.2) is 4.79 Å². The SMILES string of the molecule is O=C1CC(CS)CN1c1nc2[nH]c(=S)[nH]c2c(=O)[nH]1. The second-order valence-corrected chi connectivity index (χ2v) is 5.22. The van der Waals surface area contributed by atoms with E-state index in [1.807, 2.05) is 0 Å². The van der Waals surface area contributed by atoms with Gasteiger partial charge in [-0.1, -0.05) is 0 Å². The maximum Gasteiger partial charge on any atom is 0.278 e. The van der Waals surface area contributed by atoms with Crippen LogP contribution in [0, 0.1) is 10.7 Å². The van der Waals surface area contributed by atoms with Gasteiger partial charge < -0.3 is 9.97 Å². The molecule has 19 heavy (non-hydrogen) atoms. The molecule has 0 aromatic carbocycles. The van der Waals surface area contributed by atoms with Gasteiger partial charge >= 0.3 is 0 Å². The number of fused-ring (bicyclic) bond motifs is 1. The van der Waals surface area contributed by atoms with Crippen LogP contribution in [0.2, 0.25) is 0 Å². The molecule has 1 amide bonds. The van der Waals surface area contributed by atoms with Crippen LogP contribution in [-0.4, -0.2) is 38.1 Å². The van der Waals surface area contributed by atoms with E-state index in [1.165, 1.54) is 4.90 Å². The van der Waals surface area contributed by atoms with Gasteiger partial charge in [0, 0.05) is 13.0 Å². The van der Waals surface area contributed by atoms with E-state index < -0.39 is 0 Å². The molecule has 0 aliphatic carbocycles. The lowest BCUT2D eigenvalue weighted by Gasteiger charge is -2.14. The number of aromatic nitrogens is 4.